The minimum Gasteiger partial charge on any atom is -0.386 e. The van der Waals surface area contributed by atoms with Gasteiger partial charge in [0, 0.05) is 0 Å². The summed E-state index contributed by atoms with van der Waals surface area (Å²) in [5.74, 6) is -0.262. The van der Waals surface area contributed by atoms with Crippen molar-refractivity contribution in [2.45, 2.75) is 58.1 Å². The molecule has 112 valence electrons. The summed E-state index contributed by atoms with van der Waals surface area (Å²) in [6.45, 7) is 8.18. The van der Waals surface area contributed by atoms with Crippen LogP contribution in [0, 0.1) is 12.7 Å². The second-order valence-corrected chi connectivity index (χ2v) is 5.97. The first-order valence-corrected chi connectivity index (χ1v) is 7.73. The van der Waals surface area contributed by atoms with Crippen LogP contribution in [0.2, 0.25) is 0 Å². The van der Waals surface area contributed by atoms with Gasteiger partial charge in [-0.15, -0.1) is 0 Å². The van der Waals surface area contributed by atoms with Crippen molar-refractivity contribution in [2.75, 3.05) is 13.1 Å². The SMILES string of the molecule is CCC(CC)(C(O)c1cc(C)cc(F)c1)N1CCCC1. The van der Waals surface area contributed by atoms with E-state index in [0.29, 0.717) is 5.56 Å². The fraction of sp³-hybridized carbons (Fsp3) is 0.647. The molecule has 0 bridgehead atoms. The molecule has 0 saturated carbocycles. The summed E-state index contributed by atoms with van der Waals surface area (Å²) >= 11 is 0. The predicted molar refractivity (Wildman–Crippen MR) is 80.2 cm³/mol. The third-order valence-electron chi connectivity index (χ3n) is 4.85. The maximum absolute atomic E-state index is 13.6. The molecule has 1 aliphatic heterocycles. The van der Waals surface area contributed by atoms with Crippen molar-refractivity contribution in [1.29, 1.82) is 0 Å². The van der Waals surface area contributed by atoms with E-state index in [1.165, 1.54) is 25.0 Å². The van der Waals surface area contributed by atoms with Crippen molar-refractivity contribution >= 4 is 0 Å². The zero-order chi connectivity index (χ0) is 14.8. The molecule has 1 fully saturated rings. The molecule has 0 spiro atoms. The molecule has 3 heteroatoms. The van der Waals surface area contributed by atoms with Gasteiger partial charge in [-0.1, -0.05) is 19.9 Å². The minimum absolute atomic E-state index is 0.262. The zero-order valence-electron chi connectivity index (χ0n) is 12.8. The van der Waals surface area contributed by atoms with E-state index < -0.39 is 6.10 Å². The summed E-state index contributed by atoms with van der Waals surface area (Å²) in [6.07, 6.45) is 3.50. The number of rotatable bonds is 5. The first-order chi connectivity index (χ1) is 9.53. The molecule has 2 rings (SSSR count). The third-order valence-corrected chi connectivity index (χ3v) is 4.85. The highest BCUT2D eigenvalue weighted by Crippen LogP contribution is 2.39. The minimum atomic E-state index is -0.634. The highest BCUT2D eigenvalue weighted by molar-refractivity contribution is 5.28. The molecule has 1 N–H and O–H groups in total. The Morgan fingerprint density at radius 2 is 1.80 bits per heavy atom. The quantitative estimate of drug-likeness (QED) is 0.885. The lowest BCUT2D eigenvalue weighted by molar-refractivity contribution is -0.0296. The maximum Gasteiger partial charge on any atom is 0.123 e. The Labute approximate surface area is 121 Å². The summed E-state index contributed by atoms with van der Waals surface area (Å²) in [5.41, 5.74) is 1.30. The molecule has 1 aliphatic rings. The van der Waals surface area contributed by atoms with Crippen LogP contribution < -0.4 is 0 Å². The number of hydrogen-bond donors (Lipinski definition) is 1. The van der Waals surface area contributed by atoms with Crippen LogP contribution in [0.5, 0.6) is 0 Å². The lowest BCUT2D eigenvalue weighted by Gasteiger charge is -2.44. The van der Waals surface area contributed by atoms with Crippen molar-refractivity contribution in [2.24, 2.45) is 0 Å². The van der Waals surface area contributed by atoms with E-state index in [2.05, 4.69) is 18.7 Å². The lowest BCUT2D eigenvalue weighted by atomic mass is 9.81. The van der Waals surface area contributed by atoms with E-state index in [1.54, 1.807) is 0 Å². The van der Waals surface area contributed by atoms with E-state index in [9.17, 15) is 9.50 Å². The van der Waals surface area contributed by atoms with Crippen LogP contribution in [-0.4, -0.2) is 28.6 Å². The Kier molecular flexibility index (Phi) is 4.82. The van der Waals surface area contributed by atoms with E-state index in [1.807, 2.05) is 13.0 Å². The zero-order valence-corrected chi connectivity index (χ0v) is 12.8. The summed E-state index contributed by atoms with van der Waals surface area (Å²) < 4.78 is 13.6. The van der Waals surface area contributed by atoms with Gasteiger partial charge in [-0.25, -0.2) is 4.39 Å². The molecule has 1 saturated heterocycles. The molecule has 2 nitrogen and oxygen atoms in total. The Morgan fingerprint density at radius 3 is 2.30 bits per heavy atom. The van der Waals surface area contributed by atoms with Crippen molar-refractivity contribution < 1.29 is 9.50 Å². The standard InChI is InChI=1S/C17H26FNO/c1-4-17(5-2,19-8-6-7-9-19)16(20)14-10-13(3)11-15(18)12-14/h10-12,16,20H,4-9H2,1-3H3. The number of hydrogen-bond acceptors (Lipinski definition) is 2. The van der Waals surface area contributed by atoms with E-state index in [0.717, 1.165) is 31.5 Å². The smallest absolute Gasteiger partial charge is 0.123 e. The largest absolute Gasteiger partial charge is 0.386 e. The van der Waals surface area contributed by atoms with Gasteiger partial charge < -0.3 is 5.11 Å². The monoisotopic (exact) mass is 279 g/mol. The van der Waals surface area contributed by atoms with Crippen LogP contribution >= 0.6 is 0 Å². The third kappa shape index (κ3) is 2.75. The average molecular weight is 279 g/mol. The van der Waals surface area contributed by atoms with Gasteiger partial charge in [0.25, 0.3) is 0 Å². The Morgan fingerprint density at radius 1 is 1.20 bits per heavy atom. The Bertz CT molecular complexity index is 430. The van der Waals surface area contributed by atoms with Gasteiger partial charge >= 0.3 is 0 Å². The van der Waals surface area contributed by atoms with Crippen molar-refractivity contribution in [3.05, 3.63) is 35.1 Å². The van der Waals surface area contributed by atoms with Crippen LogP contribution in [0.1, 0.15) is 56.8 Å². The molecule has 0 aromatic heterocycles. The molecule has 0 aliphatic carbocycles. The number of aryl methyl sites for hydroxylation is 1. The lowest BCUT2D eigenvalue weighted by Crippen LogP contribution is -2.51. The number of likely N-dealkylation sites (tertiary alicyclic amines) is 1. The fourth-order valence-electron chi connectivity index (χ4n) is 3.65. The summed E-state index contributed by atoms with van der Waals surface area (Å²) in [7, 11) is 0. The average Bonchev–Trinajstić information content (AvgIpc) is 2.94. The van der Waals surface area contributed by atoms with Crippen LogP contribution in [0.25, 0.3) is 0 Å². The van der Waals surface area contributed by atoms with Gasteiger partial charge in [-0.2, -0.15) is 0 Å². The first-order valence-electron chi connectivity index (χ1n) is 7.73. The molecule has 1 atom stereocenters. The number of aliphatic hydroxyl groups is 1. The Hall–Kier alpha value is -0.930. The van der Waals surface area contributed by atoms with Crippen molar-refractivity contribution in [3.63, 3.8) is 0 Å². The van der Waals surface area contributed by atoms with Crippen molar-refractivity contribution in [1.82, 2.24) is 4.90 Å². The number of halogens is 1. The molecule has 20 heavy (non-hydrogen) atoms. The van der Waals surface area contributed by atoms with Gasteiger partial charge in [0.2, 0.25) is 0 Å². The van der Waals surface area contributed by atoms with Crippen LogP contribution in [0.3, 0.4) is 0 Å². The number of aliphatic hydroxyl groups excluding tert-OH is 1. The maximum atomic E-state index is 13.6. The van der Waals surface area contributed by atoms with Crippen LogP contribution in [0.4, 0.5) is 4.39 Å². The van der Waals surface area contributed by atoms with Gasteiger partial charge in [-0.3, -0.25) is 4.90 Å². The molecule has 1 unspecified atom stereocenters. The van der Waals surface area contributed by atoms with E-state index >= 15 is 0 Å². The first kappa shape index (κ1) is 15.5. The molecular formula is C17H26FNO. The topological polar surface area (TPSA) is 23.5 Å². The van der Waals surface area contributed by atoms with E-state index in [4.69, 9.17) is 0 Å². The summed E-state index contributed by atoms with van der Waals surface area (Å²) in [6, 6.07) is 4.89. The van der Waals surface area contributed by atoms with Crippen molar-refractivity contribution in [3.8, 4) is 0 Å². The van der Waals surface area contributed by atoms with Gasteiger partial charge in [-0.05, 0) is 69.0 Å². The highest BCUT2D eigenvalue weighted by Gasteiger charge is 2.42. The van der Waals surface area contributed by atoms with Gasteiger partial charge in [0.1, 0.15) is 5.82 Å². The molecule has 0 amide bonds. The predicted octanol–water partition coefficient (Wildman–Crippen LogP) is 3.82. The van der Waals surface area contributed by atoms with Gasteiger partial charge in [0.05, 0.1) is 11.6 Å². The normalized spacial score (nSPS) is 18.4. The molecular weight excluding hydrogens is 253 g/mol. The van der Waals surface area contributed by atoms with Gasteiger partial charge in [0.15, 0.2) is 0 Å². The summed E-state index contributed by atoms with van der Waals surface area (Å²) in [5, 5.41) is 10.9. The van der Waals surface area contributed by atoms with Crippen LogP contribution in [0.15, 0.2) is 18.2 Å². The van der Waals surface area contributed by atoms with E-state index in [-0.39, 0.29) is 11.4 Å². The number of nitrogens with zero attached hydrogens (tertiary/aromatic N) is 1. The Balaban J connectivity index is 2.37. The second kappa shape index (κ2) is 6.23. The fourth-order valence-corrected chi connectivity index (χ4v) is 3.65. The summed E-state index contributed by atoms with van der Waals surface area (Å²) in [4.78, 5) is 2.40. The second-order valence-electron chi connectivity index (χ2n) is 5.97. The van der Waals surface area contributed by atoms with Crippen LogP contribution in [-0.2, 0) is 0 Å². The number of benzene rings is 1. The highest BCUT2D eigenvalue weighted by atomic mass is 19.1. The molecule has 1 heterocycles. The molecule has 1 aromatic rings. The molecule has 1 aromatic carbocycles. The molecule has 0 radical (unpaired) electrons.